The maximum Gasteiger partial charge on any atom is 0.142 e. The Labute approximate surface area is 124 Å². The first kappa shape index (κ1) is 14.9. The van der Waals surface area contributed by atoms with Gasteiger partial charge >= 0.3 is 0 Å². The average Bonchev–Trinajstić information content (AvgIpc) is 2.36. The number of hydrogen-bond acceptors (Lipinski definition) is 3. The van der Waals surface area contributed by atoms with Gasteiger partial charge < -0.3 is 14.8 Å². The van der Waals surface area contributed by atoms with Gasteiger partial charge in [0.05, 0.1) is 11.6 Å². The second kappa shape index (κ2) is 6.80. The van der Waals surface area contributed by atoms with Gasteiger partial charge in [-0.2, -0.15) is 0 Å². The molecule has 2 rings (SSSR count). The van der Waals surface area contributed by atoms with Gasteiger partial charge in [-0.25, -0.2) is 0 Å². The third-order valence-corrected chi connectivity index (χ3v) is 3.73. The van der Waals surface area contributed by atoms with E-state index >= 15 is 0 Å². The van der Waals surface area contributed by atoms with Crippen LogP contribution >= 0.6 is 23.2 Å². The molecular weight excluding hydrogens is 285 g/mol. The highest BCUT2D eigenvalue weighted by Gasteiger charge is 2.24. The average molecular weight is 304 g/mol. The molecule has 1 aliphatic heterocycles. The molecule has 0 saturated heterocycles. The largest absolute Gasteiger partial charge is 0.492 e. The highest BCUT2D eigenvalue weighted by molar-refractivity contribution is 6.35. The zero-order chi connectivity index (χ0) is 13.8. The van der Waals surface area contributed by atoms with Crippen LogP contribution in [0.15, 0.2) is 12.1 Å². The van der Waals surface area contributed by atoms with Crippen LogP contribution in [0.3, 0.4) is 0 Å². The van der Waals surface area contributed by atoms with Gasteiger partial charge in [0.2, 0.25) is 0 Å². The summed E-state index contributed by atoms with van der Waals surface area (Å²) in [7, 11) is 1.72. The van der Waals surface area contributed by atoms with Crippen molar-refractivity contribution < 1.29 is 9.47 Å². The number of ether oxygens (including phenoxy) is 2. The third-order valence-electron chi connectivity index (χ3n) is 3.23. The first-order chi connectivity index (χ1) is 9.11. The van der Waals surface area contributed by atoms with Gasteiger partial charge in [0.25, 0.3) is 0 Å². The van der Waals surface area contributed by atoms with Crippen LogP contribution in [0.2, 0.25) is 10.0 Å². The summed E-state index contributed by atoms with van der Waals surface area (Å²) in [4.78, 5) is 0. The van der Waals surface area contributed by atoms with Gasteiger partial charge in [0, 0.05) is 43.3 Å². The molecule has 19 heavy (non-hydrogen) atoms. The molecule has 0 aromatic heterocycles. The Bertz CT molecular complexity index is 440. The molecule has 106 valence electrons. The quantitative estimate of drug-likeness (QED) is 0.900. The topological polar surface area (TPSA) is 30.5 Å². The van der Waals surface area contributed by atoms with Crippen LogP contribution in [0.5, 0.6) is 5.75 Å². The molecule has 0 bridgehead atoms. The van der Waals surface area contributed by atoms with Gasteiger partial charge in [0.1, 0.15) is 5.75 Å². The monoisotopic (exact) mass is 303 g/mol. The Morgan fingerprint density at radius 3 is 3.00 bits per heavy atom. The Hall–Kier alpha value is -0.480. The standard InChI is InChI=1S/C14H19Cl2NO2/c1-9(8-18-2)7-17-13-3-4-19-14-11(13)5-10(15)6-12(14)16/h5-6,9,13,17H,3-4,7-8H2,1-2H3. The van der Waals surface area contributed by atoms with Gasteiger partial charge in [0.15, 0.2) is 0 Å². The molecular formula is C14H19Cl2NO2. The van der Waals surface area contributed by atoms with Crippen molar-refractivity contribution in [1.82, 2.24) is 5.32 Å². The van der Waals surface area contributed by atoms with E-state index in [4.69, 9.17) is 32.7 Å². The smallest absolute Gasteiger partial charge is 0.142 e. The molecule has 0 amide bonds. The fraction of sp³-hybridized carbons (Fsp3) is 0.571. The van der Waals surface area contributed by atoms with E-state index in [1.165, 1.54) is 0 Å². The fourth-order valence-electron chi connectivity index (χ4n) is 2.32. The van der Waals surface area contributed by atoms with Crippen molar-refractivity contribution in [2.24, 2.45) is 5.92 Å². The number of rotatable bonds is 5. The van der Waals surface area contributed by atoms with Crippen LogP contribution < -0.4 is 10.1 Å². The molecule has 1 aromatic rings. The highest BCUT2D eigenvalue weighted by Crippen LogP contribution is 2.39. The minimum Gasteiger partial charge on any atom is -0.492 e. The fourth-order valence-corrected chi connectivity index (χ4v) is 2.89. The molecule has 0 spiro atoms. The number of benzene rings is 1. The lowest BCUT2D eigenvalue weighted by Gasteiger charge is -2.28. The second-order valence-corrected chi connectivity index (χ2v) is 5.81. The summed E-state index contributed by atoms with van der Waals surface area (Å²) in [6.45, 7) is 4.47. The summed E-state index contributed by atoms with van der Waals surface area (Å²) in [5.74, 6) is 1.22. The lowest BCUT2D eigenvalue weighted by atomic mass is 10.00. The van der Waals surface area contributed by atoms with Crippen LogP contribution in [-0.4, -0.2) is 26.9 Å². The molecule has 1 heterocycles. The van der Waals surface area contributed by atoms with E-state index in [-0.39, 0.29) is 6.04 Å². The van der Waals surface area contributed by atoms with Crippen molar-refractivity contribution in [2.45, 2.75) is 19.4 Å². The summed E-state index contributed by atoms with van der Waals surface area (Å²) in [6, 6.07) is 3.89. The van der Waals surface area contributed by atoms with Gasteiger partial charge in [-0.1, -0.05) is 30.1 Å². The first-order valence-electron chi connectivity index (χ1n) is 6.46. The van der Waals surface area contributed by atoms with Crippen molar-refractivity contribution in [3.63, 3.8) is 0 Å². The first-order valence-corrected chi connectivity index (χ1v) is 7.21. The zero-order valence-corrected chi connectivity index (χ0v) is 12.7. The number of nitrogens with one attached hydrogen (secondary N) is 1. The normalized spacial score (nSPS) is 19.7. The van der Waals surface area contributed by atoms with Crippen molar-refractivity contribution in [3.8, 4) is 5.75 Å². The maximum atomic E-state index is 6.17. The minimum absolute atomic E-state index is 0.235. The molecule has 1 aromatic carbocycles. The maximum absolute atomic E-state index is 6.17. The number of fused-ring (bicyclic) bond motifs is 1. The minimum atomic E-state index is 0.235. The zero-order valence-electron chi connectivity index (χ0n) is 11.2. The molecule has 0 saturated carbocycles. The molecule has 0 fully saturated rings. The Morgan fingerprint density at radius 2 is 2.26 bits per heavy atom. The molecule has 1 N–H and O–H groups in total. The van der Waals surface area contributed by atoms with Crippen LogP contribution in [-0.2, 0) is 4.74 Å². The molecule has 0 aliphatic carbocycles. The van der Waals surface area contributed by atoms with Crippen molar-refractivity contribution >= 4 is 23.2 Å². The number of hydrogen-bond donors (Lipinski definition) is 1. The summed E-state index contributed by atoms with van der Waals surface area (Å²) in [6.07, 6.45) is 0.920. The summed E-state index contributed by atoms with van der Waals surface area (Å²) >= 11 is 12.2. The van der Waals surface area contributed by atoms with E-state index in [1.807, 2.05) is 6.07 Å². The SMILES string of the molecule is COCC(C)CNC1CCOc2c(Cl)cc(Cl)cc21. The van der Waals surface area contributed by atoms with E-state index < -0.39 is 0 Å². The lowest BCUT2D eigenvalue weighted by molar-refractivity contribution is 0.154. The summed E-state index contributed by atoms with van der Waals surface area (Å²) in [5, 5.41) is 4.77. The van der Waals surface area contributed by atoms with Crippen LogP contribution in [0.25, 0.3) is 0 Å². The van der Waals surface area contributed by atoms with Crippen LogP contribution in [0.1, 0.15) is 24.9 Å². The summed E-state index contributed by atoms with van der Waals surface area (Å²) < 4.78 is 10.8. The van der Waals surface area contributed by atoms with Crippen LogP contribution in [0.4, 0.5) is 0 Å². The van der Waals surface area contributed by atoms with Gasteiger partial charge in [-0.3, -0.25) is 0 Å². The van der Waals surface area contributed by atoms with E-state index in [9.17, 15) is 0 Å². The van der Waals surface area contributed by atoms with E-state index in [0.29, 0.717) is 22.6 Å². The molecule has 3 nitrogen and oxygen atoms in total. The van der Waals surface area contributed by atoms with Crippen molar-refractivity contribution in [2.75, 3.05) is 26.9 Å². The second-order valence-electron chi connectivity index (χ2n) is 4.96. The predicted molar refractivity (Wildman–Crippen MR) is 78.4 cm³/mol. The third kappa shape index (κ3) is 3.76. The van der Waals surface area contributed by atoms with Crippen LogP contribution in [0, 0.1) is 5.92 Å². The number of halogens is 2. The Kier molecular flexibility index (Phi) is 5.34. The molecule has 1 aliphatic rings. The Balaban J connectivity index is 2.09. The van der Waals surface area contributed by atoms with Gasteiger partial charge in [-0.05, 0) is 18.1 Å². The molecule has 5 heteroatoms. The van der Waals surface area contributed by atoms with Crippen molar-refractivity contribution in [1.29, 1.82) is 0 Å². The van der Waals surface area contributed by atoms with E-state index in [2.05, 4.69) is 12.2 Å². The molecule has 0 radical (unpaired) electrons. The Morgan fingerprint density at radius 1 is 1.47 bits per heavy atom. The molecule has 2 atom stereocenters. The number of methoxy groups -OCH3 is 1. The predicted octanol–water partition coefficient (Wildman–Crippen LogP) is 3.69. The van der Waals surface area contributed by atoms with E-state index in [0.717, 1.165) is 30.9 Å². The van der Waals surface area contributed by atoms with Gasteiger partial charge in [-0.15, -0.1) is 0 Å². The van der Waals surface area contributed by atoms with Crippen molar-refractivity contribution in [3.05, 3.63) is 27.7 Å². The highest BCUT2D eigenvalue weighted by atomic mass is 35.5. The molecule has 2 unspecified atom stereocenters. The summed E-state index contributed by atoms with van der Waals surface area (Å²) in [5.41, 5.74) is 1.05. The van der Waals surface area contributed by atoms with E-state index in [1.54, 1.807) is 13.2 Å². The lowest BCUT2D eigenvalue weighted by Crippen LogP contribution is -2.31.